The van der Waals surface area contributed by atoms with Crippen LogP contribution in [0.4, 0.5) is 0 Å². The highest BCUT2D eigenvalue weighted by atomic mass is 16.6. The van der Waals surface area contributed by atoms with Crippen molar-refractivity contribution in [2.24, 2.45) is 0 Å². The SMILES string of the molecule is CN(C)CC[C@@H](OC(=O)C(O)c1ccccc1)c1ccccc1. The predicted octanol–water partition coefficient (Wildman–Crippen LogP) is 2.96. The largest absolute Gasteiger partial charge is 0.455 e. The van der Waals surface area contributed by atoms with Gasteiger partial charge in [-0.2, -0.15) is 0 Å². The molecule has 0 heterocycles. The van der Waals surface area contributed by atoms with E-state index in [2.05, 4.69) is 0 Å². The van der Waals surface area contributed by atoms with Gasteiger partial charge in [0.05, 0.1) is 0 Å². The Morgan fingerprint density at radius 3 is 2.04 bits per heavy atom. The summed E-state index contributed by atoms with van der Waals surface area (Å²) in [7, 11) is 3.95. The summed E-state index contributed by atoms with van der Waals surface area (Å²) >= 11 is 0. The highest BCUT2D eigenvalue weighted by Crippen LogP contribution is 2.24. The second-order valence-electron chi connectivity index (χ2n) is 5.74. The maximum absolute atomic E-state index is 12.3. The Labute approximate surface area is 137 Å². The van der Waals surface area contributed by atoms with Crippen molar-refractivity contribution in [3.05, 3.63) is 71.8 Å². The van der Waals surface area contributed by atoms with Crippen molar-refractivity contribution >= 4 is 5.97 Å². The van der Waals surface area contributed by atoms with Crippen LogP contribution in [0.2, 0.25) is 0 Å². The number of hydrogen-bond acceptors (Lipinski definition) is 4. The Morgan fingerprint density at radius 1 is 1.00 bits per heavy atom. The van der Waals surface area contributed by atoms with Crippen LogP contribution in [0.3, 0.4) is 0 Å². The molecule has 1 unspecified atom stereocenters. The molecule has 122 valence electrons. The van der Waals surface area contributed by atoms with Gasteiger partial charge in [0.2, 0.25) is 0 Å². The van der Waals surface area contributed by atoms with E-state index < -0.39 is 12.1 Å². The molecule has 0 saturated carbocycles. The lowest BCUT2D eigenvalue weighted by Crippen LogP contribution is -2.22. The number of aliphatic hydroxyl groups excluding tert-OH is 1. The third kappa shape index (κ3) is 5.20. The average molecular weight is 313 g/mol. The second-order valence-corrected chi connectivity index (χ2v) is 5.74. The first-order valence-corrected chi connectivity index (χ1v) is 7.71. The summed E-state index contributed by atoms with van der Waals surface area (Å²) in [6.45, 7) is 0.786. The summed E-state index contributed by atoms with van der Waals surface area (Å²) in [6.07, 6.45) is -0.962. The van der Waals surface area contributed by atoms with Crippen LogP contribution in [0.5, 0.6) is 0 Å². The summed E-state index contributed by atoms with van der Waals surface area (Å²) in [5, 5.41) is 10.2. The van der Waals surface area contributed by atoms with Gasteiger partial charge in [0.15, 0.2) is 6.10 Å². The van der Waals surface area contributed by atoms with Crippen LogP contribution < -0.4 is 0 Å². The van der Waals surface area contributed by atoms with Crippen LogP contribution in [0, 0.1) is 0 Å². The fraction of sp³-hybridized carbons (Fsp3) is 0.316. The number of nitrogens with zero attached hydrogens (tertiary/aromatic N) is 1. The van der Waals surface area contributed by atoms with Crippen molar-refractivity contribution in [1.29, 1.82) is 0 Å². The van der Waals surface area contributed by atoms with E-state index >= 15 is 0 Å². The van der Waals surface area contributed by atoms with Crippen LogP contribution >= 0.6 is 0 Å². The lowest BCUT2D eigenvalue weighted by Gasteiger charge is -2.22. The number of esters is 1. The van der Waals surface area contributed by atoms with Crippen molar-refractivity contribution in [2.45, 2.75) is 18.6 Å². The van der Waals surface area contributed by atoms with E-state index in [0.29, 0.717) is 12.0 Å². The van der Waals surface area contributed by atoms with E-state index in [1.54, 1.807) is 24.3 Å². The molecule has 0 spiro atoms. The lowest BCUT2D eigenvalue weighted by atomic mass is 10.1. The molecule has 23 heavy (non-hydrogen) atoms. The predicted molar refractivity (Wildman–Crippen MR) is 89.8 cm³/mol. The molecule has 2 atom stereocenters. The Hall–Kier alpha value is -2.17. The number of aliphatic hydroxyl groups is 1. The van der Waals surface area contributed by atoms with Gasteiger partial charge in [0, 0.05) is 13.0 Å². The first-order valence-electron chi connectivity index (χ1n) is 7.71. The Balaban J connectivity index is 2.09. The van der Waals surface area contributed by atoms with Crippen LogP contribution in [0.25, 0.3) is 0 Å². The summed E-state index contributed by atoms with van der Waals surface area (Å²) < 4.78 is 5.59. The molecule has 0 amide bonds. The number of carbonyl (C=O) groups is 1. The Bertz CT molecular complexity index is 599. The minimum atomic E-state index is -1.26. The minimum Gasteiger partial charge on any atom is -0.455 e. The van der Waals surface area contributed by atoms with Crippen LogP contribution in [0.1, 0.15) is 29.8 Å². The first kappa shape index (κ1) is 17.2. The minimum absolute atomic E-state index is 0.371. The molecule has 1 N–H and O–H groups in total. The van der Waals surface area contributed by atoms with Gasteiger partial charge >= 0.3 is 5.97 Å². The van der Waals surface area contributed by atoms with Gasteiger partial charge in [-0.15, -0.1) is 0 Å². The topological polar surface area (TPSA) is 49.8 Å². The molecule has 0 aromatic heterocycles. The molecule has 0 bridgehead atoms. The molecule has 0 aliphatic carbocycles. The van der Waals surface area contributed by atoms with Crippen molar-refractivity contribution in [2.75, 3.05) is 20.6 Å². The smallest absolute Gasteiger partial charge is 0.340 e. The summed E-state index contributed by atoms with van der Waals surface area (Å²) in [6, 6.07) is 18.5. The van der Waals surface area contributed by atoms with Crippen LogP contribution in [-0.2, 0) is 9.53 Å². The van der Waals surface area contributed by atoms with Crippen molar-refractivity contribution in [3.63, 3.8) is 0 Å². The van der Waals surface area contributed by atoms with Gasteiger partial charge in [-0.3, -0.25) is 0 Å². The molecule has 4 nitrogen and oxygen atoms in total. The number of benzene rings is 2. The fourth-order valence-corrected chi connectivity index (χ4v) is 2.31. The maximum atomic E-state index is 12.3. The molecule has 4 heteroatoms. The molecule has 0 saturated heterocycles. The third-order valence-corrected chi connectivity index (χ3v) is 3.61. The van der Waals surface area contributed by atoms with E-state index in [-0.39, 0.29) is 6.10 Å². The van der Waals surface area contributed by atoms with Gasteiger partial charge in [-0.05, 0) is 25.2 Å². The molecule has 0 aliphatic heterocycles. The number of hydrogen-bond donors (Lipinski definition) is 1. The van der Waals surface area contributed by atoms with Crippen LogP contribution in [0.15, 0.2) is 60.7 Å². The average Bonchev–Trinajstić information content (AvgIpc) is 2.59. The summed E-state index contributed by atoms with van der Waals surface area (Å²) in [4.78, 5) is 14.3. The standard InChI is InChI=1S/C19H23NO3/c1-20(2)14-13-17(15-9-5-3-6-10-15)23-19(22)18(21)16-11-7-4-8-12-16/h3-12,17-18,21H,13-14H2,1-2H3/t17-,18?/m1/s1. The number of rotatable bonds is 7. The van der Waals surface area contributed by atoms with E-state index in [9.17, 15) is 9.90 Å². The lowest BCUT2D eigenvalue weighted by molar-refractivity contribution is -0.160. The quantitative estimate of drug-likeness (QED) is 0.799. The number of ether oxygens (including phenoxy) is 1. The van der Waals surface area contributed by atoms with Gasteiger partial charge in [-0.25, -0.2) is 4.79 Å². The van der Waals surface area contributed by atoms with Gasteiger partial charge < -0.3 is 14.7 Å². The number of carbonyl (C=O) groups excluding carboxylic acids is 1. The highest BCUT2D eigenvalue weighted by Gasteiger charge is 2.23. The van der Waals surface area contributed by atoms with Crippen molar-refractivity contribution < 1.29 is 14.6 Å². The molecule has 2 aromatic rings. The molecule has 2 rings (SSSR count). The molecule has 0 fully saturated rings. The molecule has 0 radical (unpaired) electrons. The molecular formula is C19H23NO3. The van der Waals surface area contributed by atoms with E-state index in [4.69, 9.17) is 4.74 Å². The zero-order chi connectivity index (χ0) is 16.7. The highest BCUT2D eigenvalue weighted by molar-refractivity contribution is 5.76. The first-order chi connectivity index (χ1) is 11.1. The second kappa shape index (κ2) is 8.46. The molecule has 2 aromatic carbocycles. The normalized spacial score (nSPS) is 13.6. The molecular weight excluding hydrogens is 290 g/mol. The monoisotopic (exact) mass is 313 g/mol. The maximum Gasteiger partial charge on any atom is 0.340 e. The third-order valence-electron chi connectivity index (χ3n) is 3.61. The van der Waals surface area contributed by atoms with Gasteiger partial charge in [-0.1, -0.05) is 60.7 Å². The summed E-state index contributed by atoms with van der Waals surface area (Å²) in [5.41, 5.74) is 1.47. The van der Waals surface area contributed by atoms with Crippen molar-refractivity contribution in [3.8, 4) is 0 Å². The zero-order valence-corrected chi connectivity index (χ0v) is 13.6. The fourth-order valence-electron chi connectivity index (χ4n) is 2.31. The van der Waals surface area contributed by atoms with E-state index in [0.717, 1.165) is 12.1 Å². The van der Waals surface area contributed by atoms with E-state index in [1.807, 2.05) is 55.4 Å². The van der Waals surface area contributed by atoms with Crippen molar-refractivity contribution in [1.82, 2.24) is 4.90 Å². The Kier molecular flexibility index (Phi) is 6.32. The summed E-state index contributed by atoms with van der Waals surface area (Å²) in [5.74, 6) is -0.621. The van der Waals surface area contributed by atoms with Crippen LogP contribution in [-0.4, -0.2) is 36.6 Å². The van der Waals surface area contributed by atoms with Gasteiger partial charge in [0.25, 0.3) is 0 Å². The zero-order valence-electron chi connectivity index (χ0n) is 13.6. The molecule has 0 aliphatic rings. The van der Waals surface area contributed by atoms with E-state index in [1.165, 1.54) is 0 Å². The Morgan fingerprint density at radius 2 is 1.52 bits per heavy atom. The van der Waals surface area contributed by atoms with Gasteiger partial charge in [0.1, 0.15) is 6.10 Å².